The van der Waals surface area contributed by atoms with Crippen LogP contribution in [0, 0.1) is 12.8 Å². The van der Waals surface area contributed by atoms with Gasteiger partial charge in [-0.05, 0) is 51.0 Å². The lowest BCUT2D eigenvalue weighted by Gasteiger charge is -2.31. The number of amides is 1. The van der Waals surface area contributed by atoms with Gasteiger partial charge in [0.15, 0.2) is 11.5 Å². The molecular formula is C23H30N2O5S. The van der Waals surface area contributed by atoms with Gasteiger partial charge in [0, 0.05) is 19.0 Å². The number of benzene rings is 2. The van der Waals surface area contributed by atoms with Crippen LogP contribution in [-0.4, -0.2) is 51.5 Å². The predicted octanol–water partition coefficient (Wildman–Crippen LogP) is 2.99. The molecular weight excluding hydrogens is 416 g/mol. The Morgan fingerprint density at radius 2 is 1.71 bits per heavy atom. The molecule has 0 spiro atoms. The molecule has 3 rings (SSSR count). The van der Waals surface area contributed by atoms with Crippen molar-refractivity contribution in [1.82, 2.24) is 9.62 Å². The minimum Gasteiger partial charge on any atom is -0.493 e. The van der Waals surface area contributed by atoms with Gasteiger partial charge in [0.25, 0.3) is 0 Å². The number of ether oxygens (including phenoxy) is 2. The lowest BCUT2D eigenvalue weighted by molar-refractivity contribution is -0.126. The zero-order valence-corrected chi connectivity index (χ0v) is 19.0. The fourth-order valence-electron chi connectivity index (χ4n) is 3.57. The maximum atomic E-state index is 12.8. The van der Waals surface area contributed by atoms with Crippen LogP contribution in [0.5, 0.6) is 11.5 Å². The van der Waals surface area contributed by atoms with Gasteiger partial charge in [-0.15, -0.1) is 0 Å². The highest BCUT2D eigenvalue weighted by molar-refractivity contribution is 7.89. The molecule has 168 valence electrons. The maximum Gasteiger partial charge on any atom is 0.243 e. The fourth-order valence-corrected chi connectivity index (χ4v) is 5.04. The van der Waals surface area contributed by atoms with Gasteiger partial charge in [-0.3, -0.25) is 4.79 Å². The topological polar surface area (TPSA) is 84.9 Å². The number of hydrogen-bond donors (Lipinski definition) is 1. The van der Waals surface area contributed by atoms with Crippen LogP contribution in [0.3, 0.4) is 0 Å². The molecule has 0 radical (unpaired) electrons. The van der Waals surface area contributed by atoms with Crippen molar-refractivity contribution in [3.05, 3.63) is 54.1 Å². The van der Waals surface area contributed by atoms with Gasteiger partial charge < -0.3 is 14.8 Å². The van der Waals surface area contributed by atoms with E-state index in [1.807, 2.05) is 38.1 Å². The van der Waals surface area contributed by atoms with Crippen molar-refractivity contribution in [2.75, 3.05) is 26.8 Å². The van der Waals surface area contributed by atoms with Gasteiger partial charge in [-0.25, -0.2) is 8.42 Å². The van der Waals surface area contributed by atoms with Crippen LogP contribution < -0.4 is 14.8 Å². The van der Waals surface area contributed by atoms with Crippen LogP contribution in [0.4, 0.5) is 0 Å². The van der Waals surface area contributed by atoms with Crippen molar-refractivity contribution in [2.24, 2.45) is 5.92 Å². The molecule has 1 amide bonds. The summed E-state index contributed by atoms with van der Waals surface area (Å²) in [7, 11) is -1.94. The highest BCUT2D eigenvalue weighted by Gasteiger charge is 2.32. The number of sulfonamides is 1. The molecule has 7 nitrogen and oxygen atoms in total. The molecule has 2 aromatic carbocycles. The van der Waals surface area contributed by atoms with E-state index < -0.39 is 10.0 Å². The molecule has 2 aromatic rings. The van der Waals surface area contributed by atoms with E-state index in [0.29, 0.717) is 48.9 Å². The minimum atomic E-state index is -3.53. The zero-order chi connectivity index (χ0) is 22.4. The van der Waals surface area contributed by atoms with Gasteiger partial charge in [-0.2, -0.15) is 4.31 Å². The van der Waals surface area contributed by atoms with Crippen molar-refractivity contribution in [2.45, 2.75) is 37.6 Å². The number of para-hydroxylation sites is 2. The normalized spacial score (nSPS) is 16.5. The van der Waals surface area contributed by atoms with Crippen molar-refractivity contribution >= 4 is 15.9 Å². The number of carbonyl (C=O) groups excluding carboxylic acids is 1. The van der Waals surface area contributed by atoms with Crippen LogP contribution in [0.2, 0.25) is 0 Å². The third-order valence-electron chi connectivity index (χ3n) is 5.43. The van der Waals surface area contributed by atoms with Crippen LogP contribution in [0.1, 0.15) is 25.3 Å². The fraction of sp³-hybridized carbons (Fsp3) is 0.435. The molecule has 31 heavy (non-hydrogen) atoms. The number of aryl methyl sites for hydroxylation is 1. The molecule has 1 saturated heterocycles. The molecule has 0 aliphatic carbocycles. The number of nitrogens with one attached hydrogen (secondary N) is 1. The van der Waals surface area contributed by atoms with Crippen LogP contribution in [-0.2, 0) is 14.8 Å². The molecule has 1 aliphatic heterocycles. The largest absolute Gasteiger partial charge is 0.493 e. The highest BCUT2D eigenvalue weighted by Crippen LogP contribution is 2.26. The first kappa shape index (κ1) is 23.1. The van der Waals surface area contributed by atoms with E-state index in [-0.39, 0.29) is 17.9 Å². The monoisotopic (exact) mass is 446 g/mol. The molecule has 1 heterocycles. The second kappa shape index (κ2) is 10.2. The maximum absolute atomic E-state index is 12.8. The second-order valence-electron chi connectivity index (χ2n) is 7.86. The summed E-state index contributed by atoms with van der Waals surface area (Å²) in [4.78, 5) is 12.9. The van der Waals surface area contributed by atoms with Crippen LogP contribution in [0.15, 0.2) is 53.4 Å². The van der Waals surface area contributed by atoms with E-state index in [9.17, 15) is 13.2 Å². The summed E-state index contributed by atoms with van der Waals surface area (Å²) in [5, 5.41) is 2.98. The first-order valence-corrected chi connectivity index (χ1v) is 11.9. The molecule has 0 unspecified atom stereocenters. The van der Waals surface area contributed by atoms with E-state index >= 15 is 0 Å². The SMILES string of the molecule is COc1ccccc1OC[C@H](C)NC(=O)C1CCN(S(=O)(=O)c2ccc(C)cc2)CC1. The second-order valence-corrected chi connectivity index (χ2v) is 9.80. The molecule has 1 atom stereocenters. The lowest BCUT2D eigenvalue weighted by atomic mass is 9.97. The summed E-state index contributed by atoms with van der Waals surface area (Å²) in [5.41, 5.74) is 1.01. The van der Waals surface area contributed by atoms with E-state index in [1.165, 1.54) is 4.31 Å². The summed E-state index contributed by atoms with van der Waals surface area (Å²) >= 11 is 0. The van der Waals surface area contributed by atoms with Gasteiger partial charge in [0.1, 0.15) is 6.61 Å². The Balaban J connectivity index is 1.49. The van der Waals surface area contributed by atoms with Gasteiger partial charge in [0.2, 0.25) is 15.9 Å². The molecule has 1 fully saturated rings. The average Bonchev–Trinajstić information content (AvgIpc) is 2.78. The number of hydrogen-bond acceptors (Lipinski definition) is 5. The summed E-state index contributed by atoms with van der Waals surface area (Å²) in [6, 6.07) is 14.0. The average molecular weight is 447 g/mol. The summed E-state index contributed by atoms with van der Waals surface area (Å²) < 4.78 is 38.1. The van der Waals surface area contributed by atoms with Crippen molar-refractivity contribution in [1.29, 1.82) is 0 Å². The highest BCUT2D eigenvalue weighted by atomic mass is 32.2. The Hall–Kier alpha value is -2.58. The van der Waals surface area contributed by atoms with E-state index in [4.69, 9.17) is 9.47 Å². The van der Waals surface area contributed by atoms with Gasteiger partial charge >= 0.3 is 0 Å². The Morgan fingerprint density at radius 1 is 1.10 bits per heavy atom. The van der Waals surface area contributed by atoms with E-state index in [0.717, 1.165) is 5.56 Å². The number of rotatable bonds is 8. The molecule has 0 bridgehead atoms. The third-order valence-corrected chi connectivity index (χ3v) is 7.34. The molecule has 0 saturated carbocycles. The quantitative estimate of drug-likeness (QED) is 0.674. The van der Waals surface area contributed by atoms with Gasteiger partial charge in [-0.1, -0.05) is 29.8 Å². The zero-order valence-electron chi connectivity index (χ0n) is 18.2. The number of methoxy groups -OCH3 is 1. The first-order valence-electron chi connectivity index (χ1n) is 10.4. The third kappa shape index (κ3) is 5.77. The summed E-state index contributed by atoms with van der Waals surface area (Å²) in [5.74, 6) is 0.991. The smallest absolute Gasteiger partial charge is 0.243 e. The molecule has 1 N–H and O–H groups in total. The number of carbonyl (C=O) groups is 1. The summed E-state index contributed by atoms with van der Waals surface area (Å²) in [6.45, 7) is 4.78. The predicted molar refractivity (Wildman–Crippen MR) is 119 cm³/mol. The Labute approximate surface area is 184 Å². The molecule has 8 heteroatoms. The lowest BCUT2D eigenvalue weighted by Crippen LogP contribution is -2.45. The Bertz CT molecular complexity index is 983. The molecule has 1 aliphatic rings. The van der Waals surface area contributed by atoms with Crippen molar-refractivity contribution in [3.63, 3.8) is 0 Å². The van der Waals surface area contributed by atoms with Crippen LogP contribution >= 0.6 is 0 Å². The van der Waals surface area contributed by atoms with E-state index in [2.05, 4.69) is 5.32 Å². The van der Waals surface area contributed by atoms with Crippen molar-refractivity contribution in [3.8, 4) is 11.5 Å². The Kier molecular flexibility index (Phi) is 7.56. The summed E-state index contributed by atoms with van der Waals surface area (Å²) in [6.07, 6.45) is 0.994. The van der Waals surface area contributed by atoms with Crippen LogP contribution in [0.25, 0.3) is 0 Å². The van der Waals surface area contributed by atoms with Gasteiger partial charge in [0.05, 0.1) is 18.0 Å². The minimum absolute atomic E-state index is 0.0662. The standard InChI is InChI=1S/C23H30N2O5S/c1-17-8-10-20(11-9-17)31(27,28)25-14-12-19(13-15-25)23(26)24-18(2)16-30-22-7-5-4-6-21(22)29-3/h4-11,18-19H,12-16H2,1-3H3,(H,24,26)/t18-/m0/s1. The number of piperidine rings is 1. The van der Waals surface area contributed by atoms with E-state index in [1.54, 1.807) is 31.4 Å². The molecule has 0 aromatic heterocycles. The first-order chi connectivity index (χ1) is 14.8. The Morgan fingerprint density at radius 3 is 2.32 bits per heavy atom. The van der Waals surface area contributed by atoms with Crippen molar-refractivity contribution < 1.29 is 22.7 Å². The number of nitrogens with zero attached hydrogens (tertiary/aromatic N) is 1.